The summed E-state index contributed by atoms with van der Waals surface area (Å²) in [5.74, 6) is 1.67. The maximum absolute atomic E-state index is 5.72. The molecule has 1 unspecified atom stereocenters. The fraction of sp³-hybridized carbons (Fsp3) is 0.857. The van der Waals surface area contributed by atoms with Crippen molar-refractivity contribution in [2.75, 3.05) is 39.3 Å². The Morgan fingerprint density at radius 3 is 2.75 bits per heavy atom. The molecule has 0 bridgehead atoms. The summed E-state index contributed by atoms with van der Waals surface area (Å²) in [6, 6.07) is 0. The smallest absolute Gasteiger partial charge is 0.140 e. The second-order valence-electron chi connectivity index (χ2n) is 5.76. The van der Waals surface area contributed by atoms with Gasteiger partial charge in [0, 0.05) is 26.2 Å². The number of rotatable bonds is 6. The normalized spacial score (nSPS) is 19.9. The van der Waals surface area contributed by atoms with Gasteiger partial charge in [0.1, 0.15) is 12.2 Å². The minimum absolute atomic E-state index is 0.588. The number of hydrogen-bond donors (Lipinski definition) is 1. The Hall–Kier alpha value is -0.980. The molecule has 0 spiro atoms. The van der Waals surface area contributed by atoms with Crippen molar-refractivity contribution >= 4 is 0 Å². The summed E-state index contributed by atoms with van der Waals surface area (Å²) in [6.07, 6.45) is 2.88. The molecule has 2 rings (SSSR count). The van der Waals surface area contributed by atoms with Gasteiger partial charge in [-0.3, -0.25) is 4.90 Å². The van der Waals surface area contributed by atoms with Crippen LogP contribution in [-0.4, -0.2) is 63.8 Å². The molecule has 6 heteroatoms. The third kappa shape index (κ3) is 4.26. The summed E-state index contributed by atoms with van der Waals surface area (Å²) >= 11 is 0. The summed E-state index contributed by atoms with van der Waals surface area (Å²) < 4.78 is 1.99. The van der Waals surface area contributed by atoms with Crippen molar-refractivity contribution in [3.8, 4) is 0 Å². The highest BCUT2D eigenvalue weighted by molar-refractivity contribution is 4.85. The maximum Gasteiger partial charge on any atom is 0.140 e. The van der Waals surface area contributed by atoms with Gasteiger partial charge < -0.3 is 10.6 Å². The van der Waals surface area contributed by atoms with Crippen LogP contribution < -0.4 is 5.73 Å². The summed E-state index contributed by atoms with van der Waals surface area (Å²) in [6.45, 7) is 12.6. The number of nitrogens with two attached hydrogens (primary N) is 1. The number of nitrogens with zero attached hydrogens (tertiary/aromatic N) is 5. The van der Waals surface area contributed by atoms with Gasteiger partial charge in [-0.2, -0.15) is 5.10 Å². The summed E-state index contributed by atoms with van der Waals surface area (Å²) in [7, 11) is 0. The van der Waals surface area contributed by atoms with Crippen LogP contribution in [0.25, 0.3) is 0 Å². The Balaban J connectivity index is 1.83. The van der Waals surface area contributed by atoms with E-state index in [1.165, 1.54) is 13.0 Å². The quantitative estimate of drug-likeness (QED) is 0.817. The van der Waals surface area contributed by atoms with E-state index in [1.807, 2.05) is 4.68 Å². The second-order valence-corrected chi connectivity index (χ2v) is 5.76. The molecule has 1 saturated heterocycles. The fourth-order valence-corrected chi connectivity index (χ4v) is 2.76. The highest BCUT2D eigenvalue weighted by atomic mass is 15.3. The Morgan fingerprint density at radius 1 is 1.25 bits per heavy atom. The monoisotopic (exact) mass is 280 g/mol. The molecule has 0 saturated carbocycles. The Bertz CT molecular complexity index is 391. The lowest BCUT2D eigenvalue weighted by Gasteiger charge is -2.23. The molecule has 1 aromatic rings. The molecular formula is C14H28N6. The average molecular weight is 280 g/mol. The van der Waals surface area contributed by atoms with Crippen molar-refractivity contribution in [2.24, 2.45) is 11.7 Å². The molecule has 0 aliphatic carbocycles. The van der Waals surface area contributed by atoms with Crippen LogP contribution >= 0.6 is 0 Å². The van der Waals surface area contributed by atoms with E-state index in [2.05, 4.69) is 33.7 Å². The zero-order valence-corrected chi connectivity index (χ0v) is 12.8. The lowest BCUT2D eigenvalue weighted by Crippen LogP contribution is -2.35. The Kier molecular flexibility index (Phi) is 5.94. The first-order chi connectivity index (χ1) is 9.72. The summed E-state index contributed by atoms with van der Waals surface area (Å²) in [4.78, 5) is 9.41. The van der Waals surface area contributed by atoms with Crippen LogP contribution in [0.15, 0.2) is 6.33 Å². The molecule has 2 N–H and O–H groups in total. The van der Waals surface area contributed by atoms with Crippen LogP contribution in [0.5, 0.6) is 0 Å². The minimum atomic E-state index is 0.588. The summed E-state index contributed by atoms with van der Waals surface area (Å²) in [5, 5.41) is 4.24. The van der Waals surface area contributed by atoms with E-state index in [0.717, 1.165) is 51.6 Å². The van der Waals surface area contributed by atoms with Gasteiger partial charge in [0.25, 0.3) is 0 Å². The first-order valence-corrected chi connectivity index (χ1v) is 7.74. The van der Waals surface area contributed by atoms with Crippen molar-refractivity contribution in [2.45, 2.75) is 33.4 Å². The van der Waals surface area contributed by atoms with E-state index in [-0.39, 0.29) is 0 Å². The van der Waals surface area contributed by atoms with Crippen LogP contribution in [0, 0.1) is 5.92 Å². The van der Waals surface area contributed by atoms with Gasteiger partial charge in [-0.15, -0.1) is 0 Å². The molecule has 0 radical (unpaired) electrons. The van der Waals surface area contributed by atoms with E-state index < -0.39 is 0 Å². The standard InChI is InChI=1S/C14H28N6/c1-3-20-14(16-12-17-20)11-19-6-4-5-18(7-8-19)10-13(2)9-15/h12-13H,3-11,15H2,1-2H3. The molecule has 114 valence electrons. The van der Waals surface area contributed by atoms with Crippen molar-refractivity contribution < 1.29 is 0 Å². The highest BCUT2D eigenvalue weighted by Gasteiger charge is 2.17. The van der Waals surface area contributed by atoms with Crippen LogP contribution in [-0.2, 0) is 13.1 Å². The van der Waals surface area contributed by atoms with Crippen molar-refractivity contribution in [3.63, 3.8) is 0 Å². The molecule has 0 aromatic carbocycles. The van der Waals surface area contributed by atoms with Crippen molar-refractivity contribution in [1.82, 2.24) is 24.6 Å². The third-order valence-corrected chi connectivity index (χ3v) is 4.01. The predicted octanol–water partition coefficient (Wildman–Crippen LogP) is 0.401. The molecule has 1 aliphatic heterocycles. The number of aromatic nitrogens is 3. The van der Waals surface area contributed by atoms with E-state index in [0.29, 0.717) is 5.92 Å². The molecule has 0 amide bonds. The van der Waals surface area contributed by atoms with E-state index in [1.54, 1.807) is 6.33 Å². The van der Waals surface area contributed by atoms with Gasteiger partial charge in [0.05, 0.1) is 6.54 Å². The SMILES string of the molecule is CCn1ncnc1CN1CCCN(CC(C)CN)CC1. The zero-order chi connectivity index (χ0) is 14.4. The largest absolute Gasteiger partial charge is 0.330 e. The molecule has 1 aliphatic rings. The van der Waals surface area contributed by atoms with Gasteiger partial charge >= 0.3 is 0 Å². The third-order valence-electron chi connectivity index (χ3n) is 4.01. The van der Waals surface area contributed by atoms with Crippen LogP contribution in [0.3, 0.4) is 0 Å². The lowest BCUT2D eigenvalue weighted by molar-refractivity contribution is 0.228. The van der Waals surface area contributed by atoms with Gasteiger partial charge in [-0.1, -0.05) is 6.92 Å². The van der Waals surface area contributed by atoms with Crippen LogP contribution in [0.4, 0.5) is 0 Å². The first-order valence-electron chi connectivity index (χ1n) is 7.74. The molecular weight excluding hydrogens is 252 g/mol. The fourth-order valence-electron chi connectivity index (χ4n) is 2.76. The lowest BCUT2D eigenvalue weighted by atomic mass is 10.1. The van der Waals surface area contributed by atoms with Gasteiger partial charge in [0.2, 0.25) is 0 Å². The number of hydrogen-bond acceptors (Lipinski definition) is 5. The van der Waals surface area contributed by atoms with E-state index in [9.17, 15) is 0 Å². The van der Waals surface area contributed by atoms with Gasteiger partial charge in [0.15, 0.2) is 0 Å². The molecule has 1 atom stereocenters. The molecule has 20 heavy (non-hydrogen) atoms. The van der Waals surface area contributed by atoms with Crippen molar-refractivity contribution in [3.05, 3.63) is 12.2 Å². The van der Waals surface area contributed by atoms with E-state index >= 15 is 0 Å². The number of aryl methyl sites for hydroxylation is 1. The Labute approximate surface area is 121 Å². The zero-order valence-electron chi connectivity index (χ0n) is 12.8. The van der Waals surface area contributed by atoms with Crippen LogP contribution in [0.1, 0.15) is 26.1 Å². The predicted molar refractivity (Wildman–Crippen MR) is 80.2 cm³/mol. The topological polar surface area (TPSA) is 63.2 Å². The molecule has 1 fully saturated rings. The minimum Gasteiger partial charge on any atom is -0.330 e. The first kappa shape index (κ1) is 15.4. The molecule has 6 nitrogen and oxygen atoms in total. The van der Waals surface area contributed by atoms with E-state index in [4.69, 9.17) is 5.73 Å². The van der Waals surface area contributed by atoms with Gasteiger partial charge in [-0.05, 0) is 38.9 Å². The molecule has 2 heterocycles. The average Bonchev–Trinajstić information content (AvgIpc) is 2.79. The molecule has 1 aromatic heterocycles. The maximum atomic E-state index is 5.72. The second kappa shape index (κ2) is 7.71. The van der Waals surface area contributed by atoms with Gasteiger partial charge in [-0.25, -0.2) is 9.67 Å². The Morgan fingerprint density at radius 2 is 2.00 bits per heavy atom. The summed E-state index contributed by atoms with van der Waals surface area (Å²) in [5.41, 5.74) is 5.72. The highest BCUT2D eigenvalue weighted by Crippen LogP contribution is 2.09. The van der Waals surface area contributed by atoms with Crippen LogP contribution in [0.2, 0.25) is 0 Å². The van der Waals surface area contributed by atoms with Crippen molar-refractivity contribution in [1.29, 1.82) is 0 Å².